The zero-order valence-corrected chi connectivity index (χ0v) is 18.4. The van der Waals surface area contributed by atoms with Crippen LogP contribution in [0, 0.1) is 6.92 Å². The molecule has 1 amide bonds. The van der Waals surface area contributed by atoms with Gasteiger partial charge in [-0.3, -0.25) is 9.52 Å². The Labute approximate surface area is 179 Å². The Morgan fingerprint density at radius 1 is 1.00 bits per heavy atom. The van der Waals surface area contributed by atoms with Gasteiger partial charge in [0.25, 0.3) is 15.9 Å². The third-order valence-corrected chi connectivity index (χ3v) is 6.79. The van der Waals surface area contributed by atoms with E-state index in [1.165, 1.54) is 12.1 Å². The number of rotatable bonds is 8. The summed E-state index contributed by atoms with van der Waals surface area (Å²) in [7, 11) is -1.57. The summed E-state index contributed by atoms with van der Waals surface area (Å²) in [6.45, 7) is 7.59. The second kappa shape index (κ2) is 10.1. The summed E-state index contributed by atoms with van der Waals surface area (Å²) in [5, 5.41) is 2.96. The molecule has 0 aliphatic carbocycles. The number of nitrogens with zero attached hydrogens (tertiary/aromatic N) is 2. The first kappa shape index (κ1) is 22.3. The van der Waals surface area contributed by atoms with Crippen molar-refractivity contribution >= 4 is 21.6 Å². The Morgan fingerprint density at radius 2 is 1.70 bits per heavy atom. The SMILES string of the molecule is Cc1c(NS(=O)(=O)c2ccccc2)cccc1C(=O)NCCCN1CCN(C)CC1. The highest BCUT2D eigenvalue weighted by Crippen LogP contribution is 2.22. The summed E-state index contributed by atoms with van der Waals surface area (Å²) in [4.78, 5) is 17.6. The van der Waals surface area contributed by atoms with Crippen LogP contribution in [0.25, 0.3) is 0 Å². The van der Waals surface area contributed by atoms with Crippen LogP contribution in [0.3, 0.4) is 0 Å². The molecule has 2 N–H and O–H groups in total. The third-order valence-electron chi connectivity index (χ3n) is 5.41. The molecule has 0 atom stereocenters. The van der Waals surface area contributed by atoms with E-state index in [0.717, 1.165) is 39.1 Å². The van der Waals surface area contributed by atoms with Gasteiger partial charge in [0.05, 0.1) is 10.6 Å². The van der Waals surface area contributed by atoms with Crippen molar-refractivity contribution in [1.82, 2.24) is 15.1 Å². The van der Waals surface area contributed by atoms with Crippen LogP contribution in [0.4, 0.5) is 5.69 Å². The van der Waals surface area contributed by atoms with Crippen LogP contribution in [0.5, 0.6) is 0 Å². The molecule has 1 heterocycles. The van der Waals surface area contributed by atoms with Gasteiger partial charge in [-0.15, -0.1) is 0 Å². The van der Waals surface area contributed by atoms with Gasteiger partial charge in [0.15, 0.2) is 0 Å². The molecule has 30 heavy (non-hydrogen) atoms. The average Bonchev–Trinajstić information content (AvgIpc) is 2.74. The molecule has 2 aromatic carbocycles. The zero-order valence-electron chi connectivity index (χ0n) is 17.6. The second-order valence-corrected chi connectivity index (χ2v) is 9.33. The number of nitrogens with one attached hydrogen (secondary N) is 2. The Hall–Kier alpha value is -2.42. The molecule has 0 unspecified atom stereocenters. The van der Waals surface area contributed by atoms with Crippen LogP contribution >= 0.6 is 0 Å². The Morgan fingerprint density at radius 3 is 2.40 bits per heavy atom. The van der Waals surface area contributed by atoms with E-state index in [1.54, 1.807) is 43.3 Å². The van der Waals surface area contributed by atoms with E-state index in [4.69, 9.17) is 0 Å². The summed E-state index contributed by atoms with van der Waals surface area (Å²) in [6, 6.07) is 13.3. The van der Waals surface area contributed by atoms with Gasteiger partial charge in [0.1, 0.15) is 0 Å². The van der Waals surface area contributed by atoms with Gasteiger partial charge in [-0.25, -0.2) is 8.42 Å². The number of carbonyl (C=O) groups is 1. The number of sulfonamides is 1. The number of hydrogen-bond acceptors (Lipinski definition) is 5. The van der Waals surface area contributed by atoms with Gasteiger partial charge >= 0.3 is 0 Å². The lowest BCUT2D eigenvalue weighted by Gasteiger charge is -2.32. The molecular formula is C22H30N4O3S. The first-order chi connectivity index (χ1) is 14.4. The highest BCUT2D eigenvalue weighted by atomic mass is 32.2. The fraction of sp³-hybridized carbons (Fsp3) is 0.409. The zero-order chi connectivity index (χ0) is 21.6. The summed E-state index contributed by atoms with van der Waals surface area (Å²) in [5.74, 6) is -0.188. The molecule has 0 saturated carbocycles. The molecule has 1 saturated heterocycles. The summed E-state index contributed by atoms with van der Waals surface area (Å²) in [5.41, 5.74) is 1.49. The van der Waals surface area contributed by atoms with Crippen molar-refractivity contribution in [1.29, 1.82) is 0 Å². The topological polar surface area (TPSA) is 81.7 Å². The van der Waals surface area contributed by atoms with E-state index in [2.05, 4.69) is 26.9 Å². The highest BCUT2D eigenvalue weighted by molar-refractivity contribution is 7.92. The van der Waals surface area contributed by atoms with Crippen molar-refractivity contribution in [2.24, 2.45) is 0 Å². The molecule has 1 fully saturated rings. The molecule has 162 valence electrons. The van der Waals surface area contributed by atoms with Crippen molar-refractivity contribution in [3.05, 3.63) is 59.7 Å². The minimum absolute atomic E-state index is 0.183. The molecule has 1 aliphatic heterocycles. The van der Waals surface area contributed by atoms with Crippen molar-refractivity contribution in [3.63, 3.8) is 0 Å². The van der Waals surface area contributed by atoms with E-state index in [-0.39, 0.29) is 10.8 Å². The monoisotopic (exact) mass is 430 g/mol. The molecule has 0 radical (unpaired) electrons. The quantitative estimate of drug-likeness (QED) is 0.628. The molecule has 0 aromatic heterocycles. The summed E-state index contributed by atoms with van der Waals surface area (Å²) < 4.78 is 27.8. The largest absolute Gasteiger partial charge is 0.352 e. The van der Waals surface area contributed by atoms with E-state index >= 15 is 0 Å². The van der Waals surface area contributed by atoms with Crippen molar-refractivity contribution < 1.29 is 13.2 Å². The summed E-state index contributed by atoms with van der Waals surface area (Å²) in [6.07, 6.45) is 0.884. The number of benzene rings is 2. The molecular weight excluding hydrogens is 400 g/mol. The fourth-order valence-corrected chi connectivity index (χ4v) is 4.61. The van der Waals surface area contributed by atoms with Crippen molar-refractivity contribution in [2.75, 3.05) is 51.0 Å². The Balaban J connectivity index is 1.57. The van der Waals surface area contributed by atoms with Gasteiger partial charge in [-0.2, -0.15) is 0 Å². The second-order valence-electron chi connectivity index (χ2n) is 7.65. The van der Waals surface area contributed by atoms with Crippen LogP contribution in [0.2, 0.25) is 0 Å². The number of carbonyl (C=O) groups excluding carboxylic acids is 1. The number of amides is 1. The molecule has 8 heteroatoms. The normalized spacial score (nSPS) is 15.7. The standard InChI is InChI=1S/C22H30N4O3S/c1-18-20(22(27)23-12-7-13-26-16-14-25(2)15-17-26)10-6-11-21(18)24-30(28,29)19-8-4-3-5-9-19/h3-6,8-11,24H,7,12-17H2,1-2H3,(H,23,27). The lowest BCUT2D eigenvalue weighted by Crippen LogP contribution is -2.45. The van der Waals surface area contributed by atoms with Crippen molar-refractivity contribution in [2.45, 2.75) is 18.2 Å². The van der Waals surface area contributed by atoms with Gasteiger partial charge in [0, 0.05) is 38.3 Å². The predicted molar refractivity (Wildman–Crippen MR) is 119 cm³/mol. The maximum atomic E-state index is 12.6. The highest BCUT2D eigenvalue weighted by Gasteiger charge is 2.18. The predicted octanol–water partition coefficient (Wildman–Crippen LogP) is 2.16. The lowest BCUT2D eigenvalue weighted by molar-refractivity contribution is 0.0949. The average molecular weight is 431 g/mol. The maximum Gasteiger partial charge on any atom is 0.261 e. The Kier molecular flexibility index (Phi) is 7.47. The number of anilines is 1. The van der Waals surface area contributed by atoms with E-state index in [9.17, 15) is 13.2 Å². The molecule has 1 aliphatic rings. The molecule has 0 bridgehead atoms. The molecule has 2 aromatic rings. The first-order valence-corrected chi connectivity index (χ1v) is 11.7. The van der Waals surface area contributed by atoms with Gasteiger partial charge < -0.3 is 15.1 Å². The van der Waals surface area contributed by atoms with Crippen LogP contribution < -0.4 is 10.0 Å². The molecule has 0 spiro atoms. The maximum absolute atomic E-state index is 12.6. The van der Waals surface area contributed by atoms with Crippen molar-refractivity contribution in [3.8, 4) is 0 Å². The van der Waals surface area contributed by atoms with Gasteiger partial charge in [-0.1, -0.05) is 24.3 Å². The van der Waals surface area contributed by atoms with Crippen LogP contribution in [0.15, 0.2) is 53.4 Å². The van der Waals surface area contributed by atoms with E-state index in [0.29, 0.717) is 23.4 Å². The fourth-order valence-electron chi connectivity index (χ4n) is 3.47. The molecule has 7 nitrogen and oxygen atoms in total. The number of piperazine rings is 1. The Bertz CT molecular complexity index is 956. The first-order valence-electron chi connectivity index (χ1n) is 10.2. The molecule has 3 rings (SSSR count). The lowest BCUT2D eigenvalue weighted by atomic mass is 10.1. The van der Waals surface area contributed by atoms with E-state index < -0.39 is 10.0 Å². The minimum Gasteiger partial charge on any atom is -0.352 e. The number of likely N-dealkylation sites (N-methyl/N-ethyl adjacent to an activating group) is 1. The number of hydrogen-bond donors (Lipinski definition) is 2. The summed E-state index contributed by atoms with van der Waals surface area (Å²) >= 11 is 0. The van der Waals surface area contributed by atoms with Crippen LogP contribution in [0.1, 0.15) is 22.3 Å². The minimum atomic E-state index is -3.71. The van der Waals surface area contributed by atoms with Gasteiger partial charge in [-0.05, 0) is 56.8 Å². The smallest absolute Gasteiger partial charge is 0.261 e. The van der Waals surface area contributed by atoms with Crippen LogP contribution in [-0.2, 0) is 10.0 Å². The van der Waals surface area contributed by atoms with Crippen LogP contribution in [-0.4, -0.2) is 70.4 Å². The van der Waals surface area contributed by atoms with Gasteiger partial charge in [0.2, 0.25) is 0 Å². The third kappa shape index (κ3) is 5.81. The van der Waals surface area contributed by atoms with E-state index in [1.807, 2.05) is 0 Å².